The molecule has 0 aliphatic carbocycles. The van der Waals surface area contributed by atoms with Gasteiger partial charge in [0.1, 0.15) is 11.6 Å². The molecule has 4 rings (SSSR count). The van der Waals surface area contributed by atoms with Crippen molar-refractivity contribution in [2.45, 2.75) is 10.6 Å². The van der Waals surface area contributed by atoms with E-state index in [0.717, 1.165) is 22.3 Å². The molecule has 6 heteroatoms. The highest BCUT2D eigenvalue weighted by Crippen LogP contribution is 2.33. The number of ether oxygens (including phenoxy) is 2. The molecule has 0 fully saturated rings. The number of aromatic nitrogens is 2. The Morgan fingerprint density at radius 1 is 0.828 bits per heavy atom. The molecule has 0 amide bonds. The predicted octanol–water partition coefficient (Wildman–Crippen LogP) is 5.68. The first-order valence-corrected chi connectivity index (χ1v) is 10.2. The first-order valence-electron chi connectivity index (χ1n) is 9.19. The number of hydrogen-bond donors (Lipinski definition) is 1. The number of nitrogens with one attached hydrogen (secondary N) is 1. The molecule has 1 aromatic heterocycles. The topological polar surface area (TPSA) is 56.3 Å². The third-order valence-electron chi connectivity index (χ3n) is 4.43. The van der Waals surface area contributed by atoms with Crippen LogP contribution < -0.4 is 14.8 Å². The molecule has 146 valence electrons. The zero-order valence-corrected chi connectivity index (χ0v) is 17.1. The third kappa shape index (κ3) is 4.43. The van der Waals surface area contributed by atoms with E-state index in [1.54, 1.807) is 14.2 Å². The largest absolute Gasteiger partial charge is 0.496 e. The van der Waals surface area contributed by atoms with Gasteiger partial charge in [-0.3, -0.25) is 0 Å². The second-order valence-corrected chi connectivity index (χ2v) is 7.39. The second-order valence-electron chi connectivity index (χ2n) is 6.34. The summed E-state index contributed by atoms with van der Waals surface area (Å²) in [5.74, 6) is 2.28. The van der Waals surface area contributed by atoms with E-state index < -0.39 is 0 Å². The van der Waals surface area contributed by atoms with Crippen LogP contribution in [0.25, 0.3) is 10.9 Å². The monoisotopic (exact) mass is 403 g/mol. The van der Waals surface area contributed by atoms with Crippen molar-refractivity contribution in [3.05, 3.63) is 78.4 Å². The summed E-state index contributed by atoms with van der Waals surface area (Å²) in [6, 6.07) is 24.8. The van der Waals surface area contributed by atoms with Crippen molar-refractivity contribution in [1.29, 1.82) is 0 Å². The van der Waals surface area contributed by atoms with Crippen molar-refractivity contribution in [1.82, 2.24) is 9.97 Å². The average molecular weight is 404 g/mol. The van der Waals surface area contributed by atoms with E-state index in [9.17, 15) is 0 Å². The highest BCUT2D eigenvalue weighted by atomic mass is 32.2. The van der Waals surface area contributed by atoms with Crippen molar-refractivity contribution in [2.24, 2.45) is 0 Å². The van der Waals surface area contributed by atoms with Crippen molar-refractivity contribution in [2.75, 3.05) is 19.5 Å². The first kappa shape index (κ1) is 19.1. The van der Waals surface area contributed by atoms with Crippen LogP contribution in [0.1, 0.15) is 5.56 Å². The van der Waals surface area contributed by atoms with E-state index >= 15 is 0 Å². The van der Waals surface area contributed by atoms with Gasteiger partial charge >= 0.3 is 6.01 Å². The quantitative estimate of drug-likeness (QED) is 0.401. The lowest BCUT2D eigenvalue weighted by Gasteiger charge is -2.13. The van der Waals surface area contributed by atoms with Crippen molar-refractivity contribution in [3.63, 3.8) is 0 Å². The van der Waals surface area contributed by atoms with Crippen LogP contribution in [0.15, 0.2) is 77.7 Å². The average Bonchev–Trinajstić information content (AvgIpc) is 2.78. The molecule has 0 radical (unpaired) electrons. The summed E-state index contributed by atoms with van der Waals surface area (Å²) in [7, 11) is 3.20. The number of methoxy groups -OCH3 is 2. The minimum Gasteiger partial charge on any atom is -0.496 e. The Morgan fingerprint density at radius 3 is 2.34 bits per heavy atom. The fourth-order valence-electron chi connectivity index (χ4n) is 2.99. The van der Waals surface area contributed by atoms with E-state index in [1.165, 1.54) is 10.5 Å². The van der Waals surface area contributed by atoms with E-state index in [-0.39, 0.29) is 0 Å². The van der Waals surface area contributed by atoms with Gasteiger partial charge in [0.05, 0.1) is 25.1 Å². The number of hydrogen-bond acceptors (Lipinski definition) is 6. The fourth-order valence-corrected chi connectivity index (χ4v) is 3.86. The van der Waals surface area contributed by atoms with Crippen LogP contribution in [0.5, 0.6) is 11.8 Å². The molecule has 3 aromatic carbocycles. The third-order valence-corrected chi connectivity index (χ3v) is 5.52. The van der Waals surface area contributed by atoms with E-state index in [1.807, 2.05) is 36.0 Å². The van der Waals surface area contributed by atoms with Crippen LogP contribution in [0, 0.1) is 0 Å². The van der Waals surface area contributed by atoms with E-state index in [2.05, 4.69) is 63.8 Å². The number of benzene rings is 3. The van der Waals surface area contributed by atoms with Crippen LogP contribution in [-0.4, -0.2) is 24.2 Å². The van der Waals surface area contributed by atoms with Gasteiger partial charge < -0.3 is 14.8 Å². The predicted molar refractivity (Wildman–Crippen MR) is 118 cm³/mol. The minimum atomic E-state index is 0.309. The normalized spacial score (nSPS) is 10.7. The maximum atomic E-state index is 5.51. The molecule has 29 heavy (non-hydrogen) atoms. The summed E-state index contributed by atoms with van der Waals surface area (Å²) in [5.41, 5.74) is 2.95. The smallest absolute Gasteiger partial charge is 0.318 e. The van der Waals surface area contributed by atoms with Gasteiger partial charge in [-0.25, -0.2) is 0 Å². The van der Waals surface area contributed by atoms with Crippen LogP contribution in [-0.2, 0) is 5.75 Å². The van der Waals surface area contributed by atoms with Crippen molar-refractivity contribution < 1.29 is 9.47 Å². The maximum Gasteiger partial charge on any atom is 0.318 e. The van der Waals surface area contributed by atoms with Crippen molar-refractivity contribution >= 4 is 34.2 Å². The lowest BCUT2D eigenvalue weighted by atomic mass is 10.2. The number of rotatable bonds is 7. The Hall–Kier alpha value is -3.25. The SMILES string of the molecule is COc1nc(Nc2ccc(CSc3ccccc3)cc2)c2c(OC)cccc2n1. The number of anilines is 2. The number of thioether (sulfide) groups is 1. The van der Waals surface area contributed by atoms with Crippen LogP contribution >= 0.6 is 11.8 Å². The zero-order chi connectivity index (χ0) is 20.1. The minimum absolute atomic E-state index is 0.309. The van der Waals surface area contributed by atoms with Gasteiger partial charge in [-0.15, -0.1) is 11.8 Å². The highest BCUT2D eigenvalue weighted by molar-refractivity contribution is 7.98. The molecule has 0 unspecified atom stereocenters. The van der Waals surface area contributed by atoms with Gasteiger partial charge in [0, 0.05) is 16.3 Å². The second kappa shape index (κ2) is 8.84. The summed E-state index contributed by atoms with van der Waals surface area (Å²) >= 11 is 1.82. The molecule has 1 N–H and O–H groups in total. The Bertz CT molecular complexity index is 1100. The Labute approximate surface area is 174 Å². The lowest BCUT2D eigenvalue weighted by molar-refractivity contribution is 0.382. The molecule has 1 heterocycles. The first-order chi connectivity index (χ1) is 14.3. The molecule has 0 aliphatic heterocycles. The van der Waals surface area contributed by atoms with Gasteiger partial charge in [0.2, 0.25) is 0 Å². The lowest BCUT2D eigenvalue weighted by Crippen LogP contribution is -2.01. The van der Waals surface area contributed by atoms with Gasteiger partial charge in [0.15, 0.2) is 0 Å². The number of fused-ring (bicyclic) bond motifs is 1. The summed E-state index contributed by atoms with van der Waals surface area (Å²) in [6.45, 7) is 0. The molecule has 0 atom stereocenters. The van der Waals surface area contributed by atoms with E-state index in [0.29, 0.717) is 17.6 Å². The zero-order valence-electron chi connectivity index (χ0n) is 16.3. The van der Waals surface area contributed by atoms with Crippen molar-refractivity contribution in [3.8, 4) is 11.8 Å². The van der Waals surface area contributed by atoms with Gasteiger partial charge in [0.25, 0.3) is 0 Å². The summed E-state index contributed by atoms with van der Waals surface area (Å²) in [6.07, 6.45) is 0. The molecule has 0 aliphatic rings. The van der Waals surface area contributed by atoms with Gasteiger partial charge in [-0.2, -0.15) is 9.97 Å². The van der Waals surface area contributed by atoms with Crippen LogP contribution in [0.3, 0.4) is 0 Å². The van der Waals surface area contributed by atoms with Crippen LogP contribution in [0.2, 0.25) is 0 Å². The standard InChI is InChI=1S/C23H21N3O2S/c1-27-20-10-6-9-19-21(20)22(26-23(25-19)28-2)24-17-13-11-16(12-14-17)15-29-18-7-4-3-5-8-18/h3-14H,15H2,1-2H3,(H,24,25,26). The Kier molecular flexibility index (Phi) is 5.81. The number of nitrogens with zero attached hydrogens (tertiary/aromatic N) is 2. The Morgan fingerprint density at radius 2 is 1.62 bits per heavy atom. The molecule has 5 nitrogen and oxygen atoms in total. The van der Waals surface area contributed by atoms with Crippen LogP contribution in [0.4, 0.5) is 11.5 Å². The molecule has 0 bridgehead atoms. The molecule has 0 spiro atoms. The van der Waals surface area contributed by atoms with Gasteiger partial charge in [-0.1, -0.05) is 36.4 Å². The fraction of sp³-hybridized carbons (Fsp3) is 0.130. The van der Waals surface area contributed by atoms with E-state index in [4.69, 9.17) is 9.47 Å². The summed E-state index contributed by atoms with van der Waals surface area (Å²) < 4.78 is 10.8. The molecule has 4 aromatic rings. The molecular weight excluding hydrogens is 382 g/mol. The maximum absolute atomic E-state index is 5.51. The Balaban J connectivity index is 1.56. The summed E-state index contributed by atoms with van der Waals surface area (Å²) in [4.78, 5) is 10.2. The van der Waals surface area contributed by atoms with Gasteiger partial charge in [-0.05, 0) is 42.0 Å². The molecule has 0 saturated heterocycles. The molecular formula is C23H21N3O2S. The highest BCUT2D eigenvalue weighted by Gasteiger charge is 2.13. The summed E-state index contributed by atoms with van der Waals surface area (Å²) in [5, 5.41) is 4.20. The molecule has 0 saturated carbocycles.